The van der Waals surface area contributed by atoms with E-state index in [0.717, 1.165) is 0 Å². The molecule has 0 aliphatic rings. The van der Waals surface area contributed by atoms with Crippen LogP contribution in [-0.4, -0.2) is 76.0 Å². The van der Waals surface area contributed by atoms with E-state index in [-0.39, 0.29) is 31.2 Å². The first kappa shape index (κ1) is 44.3. The highest BCUT2D eigenvalue weighted by molar-refractivity contribution is 8.24. The van der Waals surface area contributed by atoms with Crippen LogP contribution in [0.1, 0.15) is 13.8 Å². The zero-order valence-corrected chi connectivity index (χ0v) is 34.3. The molecule has 6 aromatic rings. The topological polar surface area (TPSA) is 199 Å². The number of aromatic amines is 1. The molecule has 54 heavy (non-hydrogen) atoms. The van der Waals surface area contributed by atoms with E-state index in [1.165, 1.54) is 43.6 Å². The predicted octanol–water partition coefficient (Wildman–Crippen LogP) is 7.95. The zero-order valence-electron chi connectivity index (χ0n) is 29.4. The highest BCUT2D eigenvalue weighted by Gasteiger charge is 2.13. The molecule has 3 aromatic heterocycles. The molecule has 2 N–H and O–H groups in total. The van der Waals surface area contributed by atoms with Gasteiger partial charge in [0, 0.05) is 43.5 Å². The SMILES string of the molecule is CCOc1cc(OC)cc2nc[nH]c(=O)c12.CCOc1cc(OC)cc2ncnc(Cl)c12.COPn1cnc2cc(OC)cc(O)c2c1=O.O=P(Cl)(Cl)Cl. The number of aromatic nitrogens is 6. The lowest BCUT2D eigenvalue weighted by Gasteiger charge is -2.09. The monoisotopic (exact) mass is 864 g/mol. The van der Waals surface area contributed by atoms with Crippen molar-refractivity contribution >= 4 is 92.2 Å². The number of methoxy groups -OCH3 is 3. The Morgan fingerprint density at radius 3 is 1.78 bits per heavy atom. The molecule has 3 heterocycles. The summed E-state index contributed by atoms with van der Waals surface area (Å²) in [5.74, 6) is 2.74. The molecule has 0 radical (unpaired) electrons. The number of nitrogens with zero attached hydrogens (tertiary/aromatic N) is 5. The van der Waals surface area contributed by atoms with Gasteiger partial charge in [-0.2, -0.15) is 0 Å². The summed E-state index contributed by atoms with van der Waals surface area (Å²) < 4.78 is 41.9. The van der Waals surface area contributed by atoms with Crippen LogP contribution in [0.5, 0.6) is 34.5 Å². The van der Waals surface area contributed by atoms with Crippen molar-refractivity contribution in [2.75, 3.05) is 41.7 Å². The molecule has 0 amide bonds. The number of hydrogen-bond acceptors (Lipinski definition) is 14. The summed E-state index contributed by atoms with van der Waals surface area (Å²) in [6, 6.07) is 9.94. The maximum Gasteiger partial charge on any atom is 0.339 e. The highest BCUT2D eigenvalue weighted by atomic mass is 36.0. The summed E-state index contributed by atoms with van der Waals surface area (Å²) in [4.78, 5) is 42.4. The number of rotatable bonds is 9. The Kier molecular flexibility index (Phi) is 17.3. The number of hydrogen-bond donors (Lipinski definition) is 2. The van der Waals surface area contributed by atoms with E-state index in [4.69, 9.17) is 39.8 Å². The largest absolute Gasteiger partial charge is 0.507 e. The number of aromatic hydroxyl groups is 1. The van der Waals surface area contributed by atoms with Crippen LogP contribution in [0.3, 0.4) is 0 Å². The predicted molar refractivity (Wildman–Crippen MR) is 212 cm³/mol. The van der Waals surface area contributed by atoms with Crippen molar-refractivity contribution in [2.24, 2.45) is 0 Å². The first-order chi connectivity index (χ1) is 25.7. The van der Waals surface area contributed by atoms with Gasteiger partial charge in [-0.3, -0.25) is 18.5 Å². The minimum absolute atomic E-state index is 0.146. The lowest BCUT2D eigenvalue weighted by Crippen LogP contribution is -2.15. The molecule has 22 heteroatoms. The molecule has 16 nitrogen and oxygen atoms in total. The molecule has 3 aromatic carbocycles. The van der Waals surface area contributed by atoms with Crippen LogP contribution in [0.25, 0.3) is 32.7 Å². The van der Waals surface area contributed by atoms with E-state index in [1.54, 1.807) is 44.6 Å². The lowest BCUT2D eigenvalue weighted by molar-refractivity contribution is 0.340. The van der Waals surface area contributed by atoms with Crippen molar-refractivity contribution in [3.63, 3.8) is 0 Å². The highest BCUT2D eigenvalue weighted by Crippen LogP contribution is 2.61. The van der Waals surface area contributed by atoms with Crippen molar-refractivity contribution in [1.29, 1.82) is 0 Å². The molecular formula is C32H34Cl4N6O10P2. The second-order valence-corrected chi connectivity index (χ2v) is 18.0. The van der Waals surface area contributed by atoms with Crippen LogP contribution in [0, 0.1) is 0 Å². The molecule has 0 spiro atoms. The average Bonchev–Trinajstić information content (AvgIpc) is 3.12. The van der Waals surface area contributed by atoms with Crippen molar-refractivity contribution in [1.82, 2.24) is 29.3 Å². The van der Waals surface area contributed by atoms with Crippen LogP contribution in [-0.2, 0) is 9.09 Å². The quantitative estimate of drug-likeness (QED) is 0.105. The maximum atomic E-state index is 12.0. The Hall–Kier alpha value is -4.14. The summed E-state index contributed by atoms with van der Waals surface area (Å²) in [6.45, 7) is 4.79. The van der Waals surface area contributed by atoms with Crippen LogP contribution in [0.15, 0.2) is 65.0 Å². The van der Waals surface area contributed by atoms with Crippen molar-refractivity contribution in [3.05, 3.63) is 81.2 Å². The Balaban J connectivity index is 0.000000205. The van der Waals surface area contributed by atoms with Gasteiger partial charge in [0.2, 0.25) is 0 Å². The van der Waals surface area contributed by atoms with E-state index in [0.29, 0.717) is 74.4 Å². The van der Waals surface area contributed by atoms with Crippen molar-refractivity contribution in [3.8, 4) is 34.5 Å². The normalized spacial score (nSPS) is 10.9. The molecule has 0 saturated carbocycles. The van der Waals surface area contributed by atoms with Gasteiger partial charge in [-0.15, -0.1) is 0 Å². The molecule has 0 aliphatic heterocycles. The Labute approximate surface area is 329 Å². The summed E-state index contributed by atoms with van der Waals surface area (Å²) in [6.07, 6.45) is 4.16. The van der Waals surface area contributed by atoms with Crippen LogP contribution >= 0.6 is 59.5 Å². The van der Waals surface area contributed by atoms with Gasteiger partial charge in [0.25, 0.3) is 11.1 Å². The van der Waals surface area contributed by atoms with Gasteiger partial charge in [-0.25, -0.2) is 19.9 Å². The van der Waals surface area contributed by atoms with Gasteiger partial charge >= 0.3 is 5.20 Å². The van der Waals surface area contributed by atoms with Crippen molar-refractivity contribution < 1.29 is 37.9 Å². The van der Waals surface area contributed by atoms with E-state index in [9.17, 15) is 19.3 Å². The first-order valence-electron chi connectivity index (χ1n) is 15.2. The fourth-order valence-corrected chi connectivity index (χ4v) is 5.22. The molecule has 1 atom stereocenters. The number of phenols is 1. The molecule has 0 bridgehead atoms. The van der Waals surface area contributed by atoms with E-state index >= 15 is 0 Å². The average molecular weight is 866 g/mol. The van der Waals surface area contributed by atoms with E-state index in [1.807, 2.05) is 13.8 Å². The van der Waals surface area contributed by atoms with E-state index in [2.05, 4.69) is 58.6 Å². The smallest absolute Gasteiger partial charge is 0.339 e. The standard InChI is InChI=1S/C11H11ClN2O2.C11H12N2O3.C10H11N2O4P.Cl3OP/c1-3-16-9-5-7(15-2)4-8-10(9)11(12)14-6-13-8;1-3-16-9-5-7(15-2)4-8-10(9)11(14)13-6-12-8;1-15-6-3-7-9(8(13)4-6)10(14)12(5-11-7)17-16-2;1-5(2,3)4/h4-6H,3H2,1-2H3;4-6H,3H2,1-2H3,(H,12,13,14);3-5,13,17H,1-2H3;. The number of halogens is 4. The van der Waals surface area contributed by atoms with Crippen molar-refractivity contribution in [2.45, 2.75) is 13.8 Å². The number of phenolic OH excluding ortho intramolecular Hbond substituents is 1. The zero-order chi connectivity index (χ0) is 40.0. The molecule has 0 aliphatic carbocycles. The molecule has 0 saturated heterocycles. The van der Waals surface area contributed by atoms with Crippen LogP contribution in [0.4, 0.5) is 0 Å². The number of benzene rings is 3. The van der Waals surface area contributed by atoms with Gasteiger partial charge in [0.05, 0.1) is 62.8 Å². The third-order valence-corrected chi connectivity index (χ3v) is 7.61. The third kappa shape index (κ3) is 12.5. The van der Waals surface area contributed by atoms with Gasteiger partial charge < -0.3 is 38.3 Å². The second-order valence-electron chi connectivity index (χ2n) is 9.96. The second kappa shape index (κ2) is 21.1. The number of fused-ring (bicyclic) bond motifs is 3. The fraction of sp³-hybridized carbons (Fsp3) is 0.250. The van der Waals surface area contributed by atoms with Crippen LogP contribution in [0.2, 0.25) is 5.15 Å². The molecular weight excluding hydrogens is 832 g/mol. The molecule has 290 valence electrons. The van der Waals surface area contributed by atoms with Gasteiger partial charge in [-0.1, -0.05) is 11.6 Å². The summed E-state index contributed by atoms with van der Waals surface area (Å²) in [7, 11) is 5.97. The maximum absolute atomic E-state index is 12.0. The Morgan fingerprint density at radius 1 is 0.759 bits per heavy atom. The summed E-state index contributed by atoms with van der Waals surface area (Å²) >= 11 is 19.9. The number of ether oxygens (including phenoxy) is 5. The summed E-state index contributed by atoms with van der Waals surface area (Å²) in [5, 5.41) is 8.28. The van der Waals surface area contributed by atoms with E-state index < -0.39 is 5.20 Å². The van der Waals surface area contributed by atoms with Gasteiger partial charge in [0.1, 0.15) is 72.0 Å². The molecule has 1 unspecified atom stereocenters. The van der Waals surface area contributed by atoms with Gasteiger partial charge in [-0.05, 0) is 47.6 Å². The fourth-order valence-electron chi connectivity index (χ4n) is 4.49. The Bertz CT molecular complexity index is 2360. The lowest BCUT2D eigenvalue weighted by atomic mass is 10.2. The number of H-pyrrole nitrogens is 1. The molecule has 0 fully saturated rings. The van der Waals surface area contributed by atoms with Crippen LogP contribution < -0.4 is 34.8 Å². The third-order valence-electron chi connectivity index (χ3n) is 6.62. The van der Waals surface area contributed by atoms with Gasteiger partial charge in [0.15, 0.2) is 0 Å². The molecule has 6 rings (SSSR count). The minimum Gasteiger partial charge on any atom is -0.507 e. The Morgan fingerprint density at radius 2 is 1.26 bits per heavy atom. The first-order valence-corrected chi connectivity index (χ1v) is 20.9. The minimum atomic E-state index is -3.22. The summed E-state index contributed by atoms with van der Waals surface area (Å²) in [5.41, 5.74) is 1.12. The number of nitrogens with one attached hydrogen (secondary N) is 1.